The summed E-state index contributed by atoms with van der Waals surface area (Å²) < 4.78 is 6.62. The van der Waals surface area contributed by atoms with Crippen molar-refractivity contribution >= 4 is 33.9 Å². The first-order valence-corrected chi connectivity index (χ1v) is 7.89. The SMILES string of the molecule is Ic1ccc(-c2nnc(C3CCOCC3)s2)cc1. The Balaban J connectivity index is 1.82. The average Bonchev–Trinajstić information content (AvgIpc) is 2.90. The third-order valence-electron chi connectivity index (χ3n) is 3.10. The normalized spacial score (nSPS) is 16.9. The first-order chi connectivity index (χ1) is 8.83. The molecule has 94 valence electrons. The second-order valence-corrected chi connectivity index (χ2v) is 6.59. The minimum Gasteiger partial charge on any atom is -0.381 e. The van der Waals surface area contributed by atoms with Crippen molar-refractivity contribution in [2.24, 2.45) is 0 Å². The van der Waals surface area contributed by atoms with Crippen molar-refractivity contribution in [1.29, 1.82) is 0 Å². The van der Waals surface area contributed by atoms with Crippen molar-refractivity contribution in [2.75, 3.05) is 13.2 Å². The van der Waals surface area contributed by atoms with E-state index in [-0.39, 0.29) is 0 Å². The molecule has 0 unspecified atom stereocenters. The van der Waals surface area contributed by atoms with Gasteiger partial charge in [0.1, 0.15) is 10.0 Å². The zero-order valence-electron chi connectivity index (χ0n) is 9.80. The van der Waals surface area contributed by atoms with Crippen molar-refractivity contribution in [2.45, 2.75) is 18.8 Å². The van der Waals surface area contributed by atoms with Gasteiger partial charge in [0.05, 0.1) is 0 Å². The van der Waals surface area contributed by atoms with Gasteiger partial charge >= 0.3 is 0 Å². The van der Waals surface area contributed by atoms with E-state index in [1.54, 1.807) is 11.3 Å². The molecule has 0 spiro atoms. The Labute approximate surface area is 124 Å². The maximum absolute atomic E-state index is 5.38. The fourth-order valence-corrected chi connectivity index (χ4v) is 3.43. The number of aromatic nitrogens is 2. The highest BCUT2D eigenvalue weighted by Gasteiger charge is 2.20. The quantitative estimate of drug-likeness (QED) is 0.754. The molecule has 0 atom stereocenters. The molecule has 1 aromatic carbocycles. The van der Waals surface area contributed by atoms with Crippen LogP contribution in [0.4, 0.5) is 0 Å². The molecule has 2 heterocycles. The predicted octanol–water partition coefficient (Wildman–Crippen LogP) is 3.70. The summed E-state index contributed by atoms with van der Waals surface area (Å²) in [7, 11) is 0. The second-order valence-electron chi connectivity index (χ2n) is 4.34. The molecule has 0 bridgehead atoms. The Morgan fingerprint density at radius 3 is 2.56 bits per heavy atom. The zero-order valence-corrected chi connectivity index (χ0v) is 12.8. The number of hydrogen-bond acceptors (Lipinski definition) is 4. The summed E-state index contributed by atoms with van der Waals surface area (Å²) in [6, 6.07) is 8.42. The lowest BCUT2D eigenvalue weighted by Crippen LogP contribution is -2.13. The molecule has 0 aliphatic carbocycles. The number of nitrogens with zero attached hydrogens (tertiary/aromatic N) is 2. The third-order valence-corrected chi connectivity index (χ3v) is 4.96. The standard InChI is InChI=1S/C13H13IN2OS/c14-11-3-1-9(2-4-11)12-15-16-13(18-12)10-5-7-17-8-6-10/h1-4,10H,5-8H2. The lowest BCUT2D eigenvalue weighted by Gasteiger charge is -2.18. The molecule has 1 fully saturated rings. The summed E-state index contributed by atoms with van der Waals surface area (Å²) >= 11 is 4.03. The molecule has 0 amide bonds. The minimum atomic E-state index is 0.536. The fourth-order valence-electron chi connectivity index (χ4n) is 2.05. The van der Waals surface area contributed by atoms with E-state index in [0.717, 1.165) is 41.6 Å². The van der Waals surface area contributed by atoms with Crippen LogP contribution in [0, 0.1) is 3.57 Å². The van der Waals surface area contributed by atoms with Crippen molar-refractivity contribution in [1.82, 2.24) is 10.2 Å². The highest BCUT2D eigenvalue weighted by molar-refractivity contribution is 14.1. The lowest BCUT2D eigenvalue weighted by atomic mass is 10.0. The molecular formula is C13H13IN2OS. The Bertz CT molecular complexity index is 520. The highest BCUT2D eigenvalue weighted by Crippen LogP contribution is 2.32. The third kappa shape index (κ3) is 2.73. The molecule has 0 saturated carbocycles. The molecule has 1 aromatic heterocycles. The largest absolute Gasteiger partial charge is 0.381 e. The summed E-state index contributed by atoms with van der Waals surface area (Å²) in [5.74, 6) is 0.536. The molecule has 2 aromatic rings. The van der Waals surface area contributed by atoms with Crippen molar-refractivity contribution in [3.63, 3.8) is 0 Å². The molecule has 0 radical (unpaired) electrons. The molecule has 1 saturated heterocycles. The molecular weight excluding hydrogens is 359 g/mol. The summed E-state index contributed by atoms with van der Waals surface area (Å²) in [5.41, 5.74) is 1.16. The van der Waals surface area contributed by atoms with E-state index in [0.29, 0.717) is 5.92 Å². The van der Waals surface area contributed by atoms with E-state index in [1.165, 1.54) is 3.57 Å². The maximum Gasteiger partial charge on any atom is 0.147 e. The Kier molecular flexibility index (Phi) is 3.91. The number of halogens is 1. The predicted molar refractivity (Wildman–Crippen MR) is 80.9 cm³/mol. The number of hydrogen-bond donors (Lipinski definition) is 0. The van der Waals surface area contributed by atoms with Gasteiger partial charge in [-0.3, -0.25) is 0 Å². The van der Waals surface area contributed by atoms with E-state index in [4.69, 9.17) is 4.74 Å². The van der Waals surface area contributed by atoms with Crippen LogP contribution in [0.3, 0.4) is 0 Å². The van der Waals surface area contributed by atoms with Crippen LogP contribution < -0.4 is 0 Å². The van der Waals surface area contributed by atoms with Crippen molar-refractivity contribution < 1.29 is 4.74 Å². The number of rotatable bonds is 2. The van der Waals surface area contributed by atoms with Crippen LogP contribution in [0.1, 0.15) is 23.8 Å². The highest BCUT2D eigenvalue weighted by atomic mass is 127. The van der Waals surface area contributed by atoms with Gasteiger partial charge in [-0.2, -0.15) is 0 Å². The van der Waals surface area contributed by atoms with Gasteiger partial charge < -0.3 is 4.74 Å². The van der Waals surface area contributed by atoms with Gasteiger partial charge in [-0.15, -0.1) is 10.2 Å². The van der Waals surface area contributed by atoms with Crippen LogP contribution in [0.15, 0.2) is 24.3 Å². The molecule has 5 heteroatoms. The summed E-state index contributed by atoms with van der Waals surface area (Å²) in [6.07, 6.45) is 2.14. The van der Waals surface area contributed by atoms with Crippen LogP contribution in [0.5, 0.6) is 0 Å². The van der Waals surface area contributed by atoms with E-state index in [9.17, 15) is 0 Å². The monoisotopic (exact) mass is 372 g/mol. The topological polar surface area (TPSA) is 35.0 Å². The maximum atomic E-state index is 5.38. The number of benzene rings is 1. The van der Waals surface area contributed by atoms with Gasteiger partial charge in [-0.1, -0.05) is 23.5 Å². The van der Waals surface area contributed by atoms with Gasteiger partial charge in [-0.05, 0) is 47.6 Å². The summed E-state index contributed by atoms with van der Waals surface area (Å²) in [4.78, 5) is 0. The first kappa shape index (κ1) is 12.5. The first-order valence-electron chi connectivity index (χ1n) is 6.00. The Hall–Kier alpha value is -0.530. The molecule has 3 rings (SSSR count). The van der Waals surface area contributed by atoms with Gasteiger partial charge in [0.15, 0.2) is 0 Å². The van der Waals surface area contributed by atoms with Crippen LogP contribution in [0.2, 0.25) is 0 Å². The van der Waals surface area contributed by atoms with E-state index >= 15 is 0 Å². The van der Waals surface area contributed by atoms with E-state index < -0.39 is 0 Å². The molecule has 1 aliphatic heterocycles. The molecule has 1 aliphatic rings. The minimum absolute atomic E-state index is 0.536. The van der Waals surface area contributed by atoms with Gasteiger partial charge in [-0.25, -0.2) is 0 Å². The van der Waals surface area contributed by atoms with E-state index in [1.807, 2.05) is 0 Å². The zero-order chi connectivity index (χ0) is 12.4. The van der Waals surface area contributed by atoms with Crippen molar-refractivity contribution in [3.8, 4) is 10.6 Å². The molecule has 18 heavy (non-hydrogen) atoms. The molecule has 0 N–H and O–H groups in total. The number of ether oxygens (including phenoxy) is 1. The second kappa shape index (κ2) is 5.63. The van der Waals surface area contributed by atoms with E-state index in [2.05, 4.69) is 57.1 Å². The molecule has 3 nitrogen and oxygen atoms in total. The van der Waals surface area contributed by atoms with Gasteiger partial charge in [0.2, 0.25) is 0 Å². The van der Waals surface area contributed by atoms with Crippen LogP contribution in [-0.2, 0) is 4.74 Å². The Morgan fingerprint density at radius 2 is 1.83 bits per heavy atom. The van der Waals surface area contributed by atoms with Crippen LogP contribution in [0.25, 0.3) is 10.6 Å². The van der Waals surface area contributed by atoms with Gasteiger partial charge in [0, 0.05) is 28.3 Å². The fraction of sp³-hybridized carbons (Fsp3) is 0.385. The smallest absolute Gasteiger partial charge is 0.147 e. The summed E-state index contributed by atoms with van der Waals surface area (Å²) in [6.45, 7) is 1.70. The summed E-state index contributed by atoms with van der Waals surface area (Å²) in [5, 5.41) is 10.8. The lowest BCUT2D eigenvalue weighted by molar-refractivity contribution is 0.0851. The van der Waals surface area contributed by atoms with Gasteiger partial charge in [0.25, 0.3) is 0 Å². The van der Waals surface area contributed by atoms with Crippen LogP contribution in [-0.4, -0.2) is 23.4 Å². The van der Waals surface area contributed by atoms with Crippen molar-refractivity contribution in [3.05, 3.63) is 32.8 Å². The van der Waals surface area contributed by atoms with Crippen LogP contribution >= 0.6 is 33.9 Å². The Morgan fingerprint density at radius 1 is 1.11 bits per heavy atom. The average molecular weight is 372 g/mol.